The molecule has 1 aromatic carbocycles. The Morgan fingerprint density at radius 3 is 2.48 bits per heavy atom. The van der Waals surface area contributed by atoms with Gasteiger partial charge in [0, 0.05) is 6.54 Å². The van der Waals surface area contributed by atoms with E-state index >= 15 is 0 Å². The van der Waals surface area contributed by atoms with Gasteiger partial charge in [0.05, 0.1) is 18.5 Å². The first-order valence-electron chi connectivity index (χ1n) is 7.07. The van der Waals surface area contributed by atoms with E-state index in [1.807, 2.05) is 38.1 Å². The van der Waals surface area contributed by atoms with E-state index in [9.17, 15) is 9.59 Å². The number of hydrogen-bond acceptors (Lipinski definition) is 3. The van der Waals surface area contributed by atoms with Crippen molar-refractivity contribution >= 4 is 11.9 Å². The van der Waals surface area contributed by atoms with Crippen LogP contribution in [-0.4, -0.2) is 42.0 Å². The molecule has 0 heterocycles. The number of amides is 1. The average molecular weight is 292 g/mol. The second-order valence-corrected chi connectivity index (χ2v) is 5.58. The molecule has 0 fully saturated rings. The molecule has 1 amide bonds. The third-order valence-corrected chi connectivity index (χ3v) is 3.45. The van der Waals surface area contributed by atoms with Gasteiger partial charge in [-0.2, -0.15) is 0 Å². The lowest BCUT2D eigenvalue weighted by atomic mass is 10.0. The molecule has 0 radical (unpaired) electrons. The Morgan fingerprint density at radius 1 is 1.29 bits per heavy atom. The molecule has 0 aromatic heterocycles. The highest BCUT2D eigenvalue weighted by molar-refractivity contribution is 5.78. The molecule has 0 aliphatic heterocycles. The fourth-order valence-corrected chi connectivity index (χ4v) is 2.29. The zero-order valence-corrected chi connectivity index (χ0v) is 13.1. The van der Waals surface area contributed by atoms with Crippen LogP contribution in [0.25, 0.3) is 0 Å². The molecule has 0 aliphatic rings. The maximum Gasteiger partial charge on any atom is 0.307 e. The summed E-state index contributed by atoms with van der Waals surface area (Å²) in [6.45, 7) is 6.13. The van der Waals surface area contributed by atoms with Gasteiger partial charge in [-0.3, -0.25) is 14.5 Å². The largest absolute Gasteiger partial charge is 0.481 e. The second kappa shape index (κ2) is 7.78. The Morgan fingerprint density at radius 2 is 1.90 bits per heavy atom. The number of benzene rings is 1. The maximum atomic E-state index is 12.0. The van der Waals surface area contributed by atoms with Crippen molar-refractivity contribution in [3.8, 4) is 0 Å². The molecule has 2 atom stereocenters. The highest BCUT2D eigenvalue weighted by atomic mass is 16.4. The van der Waals surface area contributed by atoms with Gasteiger partial charge in [-0.25, -0.2) is 0 Å². The van der Waals surface area contributed by atoms with E-state index in [-0.39, 0.29) is 18.5 Å². The number of carboxylic acid groups (broad SMARTS) is 1. The van der Waals surface area contributed by atoms with Crippen LogP contribution in [0.3, 0.4) is 0 Å². The highest BCUT2D eigenvalue weighted by Gasteiger charge is 2.17. The first-order chi connectivity index (χ1) is 9.81. The van der Waals surface area contributed by atoms with Gasteiger partial charge in [-0.15, -0.1) is 0 Å². The van der Waals surface area contributed by atoms with Gasteiger partial charge < -0.3 is 10.4 Å². The van der Waals surface area contributed by atoms with Crippen LogP contribution in [0.5, 0.6) is 0 Å². The molecule has 5 nitrogen and oxygen atoms in total. The first-order valence-corrected chi connectivity index (χ1v) is 7.07. The maximum absolute atomic E-state index is 12.0. The molecule has 0 aliphatic carbocycles. The van der Waals surface area contributed by atoms with E-state index in [2.05, 4.69) is 5.32 Å². The number of carboxylic acids is 1. The van der Waals surface area contributed by atoms with Gasteiger partial charge in [-0.05, 0) is 32.0 Å². The number of aliphatic carboxylic acids is 1. The molecule has 1 rings (SSSR count). The lowest BCUT2D eigenvalue weighted by Gasteiger charge is -2.21. The van der Waals surface area contributed by atoms with Crippen molar-refractivity contribution in [2.75, 3.05) is 20.1 Å². The molecule has 0 saturated heterocycles. The Bertz CT molecular complexity index is 502. The van der Waals surface area contributed by atoms with Crippen LogP contribution in [0.4, 0.5) is 0 Å². The average Bonchev–Trinajstić information content (AvgIpc) is 2.38. The van der Waals surface area contributed by atoms with Gasteiger partial charge in [0.25, 0.3) is 0 Å². The van der Waals surface area contributed by atoms with Gasteiger partial charge >= 0.3 is 5.97 Å². The molecule has 0 spiro atoms. The number of hydrogen-bond donors (Lipinski definition) is 2. The molecule has 2 N–H and O–H groups in total. The zero-order chi connectivity index (χ0) is 16.0. The zero-order valence-electron chi connectivity index (χ0n) is 13.1. The lowest BCUT2D eigenvalue weighted by Crippen LogP contribution is -2.39. The van der Waals surface area contributed by atoms with Crippen molar-refractivity contribution in [1.29, 1.82) is 0 Å². The minimum atomic E-state index is -0.851. The lowest BCUT2D eigenvalue weighted by molar-refractivity contribution is -0.142. The van der Waals surface area contributed by atoms with Crippen LogP contribution in [0.1, 0.15) is 31.0 Å². The Balaban J connectivity index is 2.50. The SMILES string of the molecule is Cc1ccccc1C(C)NC(=O)CN(C)CC(C)C(=O)O. The summed E-state index contributed by atoms with van der Waals surface area (Å²) in [5.74, 6) is -1.45. The molecule has 1 aromatic rings. The van der Waals surface area contributed by atoms with Crippen molar-refractivity contribution < 1.29 is 14.7 Å². The van der Waals surface area contributed by atoms with Crippen molar-refractivity contribution in [1.82, 2.24) is 10.2 Å². The number of carbonyl (C=O) groups excluding carboxylic acids is 1. The summed E-state index contributed by atoms with van der Waals surface area (Å²) in [4.78, 5) is 24.5. The number of nitrogens with zero attached hydrogens (tertiary/aromatic N) is 1. The van der Waals surface area contributed by atoms with Crippen LogP contribution in [-0.2, 0) is 9.59 Å². The van der Waals surface area contributed by atoms with E-state index in [0.717, 1.165) is 11.1 Å². The topological polar surface area (TPSA) is 69.6 Å². The van der Waals surface area contributed by atoms with E-state index in [1.54, 1.807) is 18.9 Å². The number of rotatable bonds is 7. The molecule has 0 saturated carbocycles. The summed E-state index contributed by atoms with van der Waals surface area (Å²) in [6, 6.07) is 7.86. The van der Waals surface area contributed by atoms with E-state index in [4.69, 9.17) is 5.11 Å². The van der Waals surface area contributed by atoms with E-state index in [1.165, 1.54) is 0 Å². The van der Waals surface area contributed by atoms with Crippen molar-refractivity contribution in [2.24, 2.45) is 5.92 Å². The quantitative estimate of drug-likeness (QED) is 0.804. The molecule has 5 heteroatoms. The van der Waals surface area contributed by atoms with Gasteiger partial charge in [0.1, 0.15) is 0 Å². The summed E-state index contributed by atoms with van der Waals surface area (Å²) in [7, 11) is 1.75. The predicted molar refractivity (Wildman–Crippen MR) is 82.0 cm³/mol. The van der Waals surface area contributed by atoms with Crippen LogP contribution in [0.15, 0.2) is 24.3 Å². The predicted octanol–water partition coefficient (Wildman–Crippen LogP) is 1.82. The van der Waals surface area contributed by atoms with E-state index < -0.39 is 11.9 Å². The summed E-state index contributed by atoms with van der Waals surface area (Å²) in [5, 5.41) is 11.8. The normalized spacial score (nSPS) is 13.8. The molecule has 116 valence electrons. The standard InChI is InChI=1S/C16H24N2O3/c1-11-7-5-6-8-14(11)13(3)17-15(19)10-18(4)9-12(2)16(20)21/h5-8,12-13H,9-10H2,1-4H3,(H,17,19)(H,20,21). The van der Waals surface area contributed by atoms with Crippen LogP contribution >= 0.6 is 0 Å². The van der Waals surface area contributed by atoms with Crippen LogP contribution in [0, 0.1) is 12.8 Å². The molecule has 21 heavy (non-hydrogen) atoms. The molecule has 0 bridgehead atoms. The fraction of sp³-hybridized carbons (Fsp3) is 0.500. The minimum absolute atomic E-state index is 0.0657. The summed E-state index contributed by atoms with van der Waals surface area (Å²) < 4.78 is 0. The second-order valence-electron chi connectivity index (χ2n) is 5.58. The van der Waals surface area contributed by atoms with Crippen LogP contribution in [0.2, 0.25) is 0 Å². The molecular formula is C16H24N2O3. The Hall–Kier alpha value is -1.88. The number of aryl methyl sites for hydroxylation is 1. The van der Waals surface area contributed by atoms with E-state index in [0.29, 0.717) is 6.54 Å². The monoisotopic (exact) mass is 292 g/mol. The summed E-state index contributed by atoms with van der Waals surface area (Å²) in [5.41, 5.74) is 2.23. The van der Waals surface area contributed by atoms with Crippen molar-refractivity contribution in [2.45, 2.75) is 26.8 Å². The molecular weight excluding hydrogens is 268 g/mol. The van der Waals surface area contributed by atoms with Gasteiger partial charge in [0.15, 0.2) is 0 Å². The number of likely N-dealkylation sites (N-methyl/N-ethyl adjacent to an activating group) is 1. The minimum Gasteiger partial charge on any atom is -0.481 e. The smallest absolute Gasteiger partial charge is 0.307 e. The number of carbonyl (C=O) groups is 2. The Labute approximate surface area is 126 Å². The van der Waals surface area contributed by atoms with Crippen molar-refractivity contribution in [3.05, 3.63) is 35.4 Å². The highest BCUT2D eigenvalue weighted by Crippen LogP contribution is 2.16. The fourth-order valence-electron chi connectivity index (χ4n) is 2.29. The third-order valence-electron chi connectivity index (χ3n) is 3.45. The van der Waals surface area contributed by atoms with Crippen molar-refractivity contribution in [3.63, 3.8) is 0 Å². The molecule has 2 unspecified atom stereocenters. The Kier molecular flexibility index (Phi) is 6.37. The number of nitrogens with one attached hydrogen (secondary N) is 1. The van der Waals surface area contributed by atoms with Crippen LogP contribution < -0.4 is 5.32 Å². The summed E-state index contributed by atoms with van der Waals surface area (Å²) >= 11 is 0. The third kappa shape index (κ3) is 5.55. The van der Waals surface area contributed by atoms with Gasteiger partial charge in [-0.1, -0.05) is 31.2 Å². The first kappa shape index (κ1) is 17.2. The van der Waals surface area contributed by atoms with Gasteiger partial charge in [0.2, 0.25) is 5.91 Å². The summed E-state index contributed by atoms with van der Waals surface area (Å²) in [6.07, 6.45) is 0.